The van der Waals surface area contributed by atoms with Crippen LogP contribution in [0.1, 0.15) is 21.5 Å². The highest BCUT2D eigenvalue weighted by molar-refractivity contribution is 6.29. The maximum absolute atomic E-state index is 13.2. The van der Waals surface area contributed by atoms with E-state index in [0.717, 1.165) is 11.6 Å². The first kappa shape index (κ1) is 16.9. The molecule has 0 unspecified atom stereocenters. The quantitative estimate of drug-likeness (QED) is 0.771. The Morgan fingerprint density at radius 2 is 1.80 bits per heavy atom. The van der Waals surface area contributed by atoms with E-state index < -0.39 is 17.5 Å². The second-order valence-electron chi connectivity index (χ2n) is 5.23. The average molecular weight is 361 g/mol. The van der Waals surface area contributed by atoms with Crippen LogP contribution >= 0.6 is 11.6 Å². The first-order valence-corrected chi connectivity index (χ1v) is 7.57. The molecule has 3 rings (SSSR count). The largest absolute Gasteiger partial charge is 0.307 e. The van der Waals surface area contributed by atoms with Crippen LogP contribution in [0.2, 0.25) is 5.15 Å². The summed E-state index contributed by atoms with van der Waals surface area (Å²) in [6.45, 7) is 0. The normalized spacial score (nSPS) is 10.5. The number of hydrogen-bond donors (Lipinski definition) is 1. The van der Waals surface area contributed by atoms with E-state index in [1.54, 1.807) is 12.1 Å². The number of rotatable bonds is 4. The minimum Gasteiger partial charge on any atom is -0.307 e. The van der Waals surface area contributed by atoms with Crippen LogP contribution in [0.4, 0.5) is 14.6 Å². The number of nitrogens with zero attached hydrogens (tertiary/aromatic N) is 3. The number of nitrogens with one attached hydrogen (secondary N) is 1. The molecule has 0 bridgehead atoms. The Hall–Kier alpha value is -2.93. The molecule has 126 valence electrons. The van der Waals surface area contributed by atoms with Crippen molar-refractivity contribution in [2.75, 3.05) is 5.32 Å². The monoisotopic (exact) mass is 360 g/mol. The lowest BCUT2D eigenvalue weighted by atomic mass is 10.1. The minimum atomic E-state index is -0.628. The molecule has 5 nitrogen and oxygen atoms in total. The zero-order valence-corrected chi connectivity index (χ0v) is 13.5. The standard InChI is InChI=1S/C17H11ClF2N4O/c18-15-6-12(9-22-24-15)17(25)23-16-2-1-10(8-21-16)3-11-4-13(19)7-14(20)5-11/h1-2,4-9H,3H2,(H,21,23,25). The number of aromatic nitrogens is 3. The minimum absolute atomic E-state index is 0.110. The molecule has 0 aliphatic rings. The van der Waals surface area contributed by atoms with Gasteiger partial charge in [-0.25, -0.2) is 13.8 Å². The van der Waals surface area contributed by atoms with E-state index in [2.05, 4.69) is 20.5 Å². The maximum Gasteiger partial charge on any atom is 0.258 e. The Kier molecular flexibility index (Phi) is 4.95. The Morgan fingerprint density at radius 3 is 2.44 bits per heavy atom. The third kappa shape index (κ3) is 4.54. The van der Waals surface area contributed by atoms with Crippen molar-refractivity contribution in [1.29, 1.82) is 0 Å². The van der Waals surface area contributed by atoms with Gasteiger partial charge in [-0.1, -0.05) is 17.7 Å². The molecular weight excluding hydrogens is 350 g/mol. The summed E-state index contributed by atoms with van der Waals surface area (Å²) in [5, 5.41) is 9.86. The summed E-state index contributed by atoms with van der Waals surface area (Å²) in [5.41, 5.74) is 1.49. The summed E-state index contributed by atoms with van der Waals surface area (Å²) in [6, 6.07) is 8.04. The van der Waals surface area contributed by atoms with Gasteiger partial charge in [-0.3, -0.25) is 4.79 Å². The summed E-state index contributed by atoms with van der Waals surface area (Å²) >= 11 is 5.69. The highest BCUT2D eigenvalue weighted by atomic mass is 35.5. The van der Waals surface area contributed by atoms with Crippen molar-refractivity contribution < 1.29 is 13.6 Å². The highest BCUT2D eigenvalue weighted by Crippen LogP contribution is 2.15. The zero-order valence-electron chi connectivity index (χ0n) is 12.7. The predicted molar refractivity (Wildman–Crippen MR) is 88.4 cm³/mol. The SMILES string of the molecule is O=C(Nc1ccc(Cc2cc(F)cc(F)c2)cn1)c1cnnc(Cl)c1. The van der Waals surface area contributed by atoms with Crippen molar-refractivity contribution in [3.63, 3.8) is 0 Å². The molecule has 0 saturated carbocycles. The Labute approximate surface area is 146 Å². The zero-order chi connectivity index (χ0) is 17.8. The van der Waals surface area contributed by atoms with Gasteiger partial charge >= 0.3 is 0 Å². The number of carbonyl (C=O) groups is 1. The lowest BCUT2D eigenvalue weighted by Gasteiger charge is -2.06. The Morgan fingerprint density at radius 1 is 1.04 bits per heavy atom. The second kappa shape index (κ2) is 7.31. The van der Waals surface area contributed by atoms with Crippen molar-refractivity contribution in [3.8, 4) is 0 Å². The third-order valence-corrected chi connectivity index (χ3v) is 3.47. The molecule has 0 fully saturated rings. The molecule has 0 aliphatic heterocycles. The van der Waals surface area contributed by atoms with Gasteiger partial charge in [0.15, 0.2) is 5.15 Å². The maximum atomic E-state index is 13.2. The Balaban J connectivity index is 1.68. The van der Waals surface area contributed by atoms with E-state index in [4.69, 9.17) is 11.6 Å². The number of benzene rings is 1. The smallest absolute Gasteiger partial charge is 0.258 e. The molecule has 1 aromatic carbocycles. The molecular formula is C17H11ClF2N4O. The summed E-state index contributed by atoms with van der Waals surface area (Å²) in [5.74, 6) is -1.36. The summed E-state index contributed by atoms with van der Waals surface area (Å²) < 4.78 is 26.4. The molecule has 0 spiro atoms. The number of pyridine rings is 1. The van der Waals surface area contributed by atoms with Crippen LogP contribution in [0.15, 0.2) is 48.8 Å². The van der Waals surface area contributed by atoms with E-state index in [1.165, 1.54) is 30.6 Å². The van der Waals surface area contributed by atoms with E-state index in [1.807, 2.05) is 0 Å². The first-order valence-electron chi connectivity index (χ1n) is 7.19. The van der Waals surface area contributed by atoms with Crippen LogP contribution in [-0.2, 0) is 6.42 Å². The second-order valence-corrected chi connectivity index (χ2v) is 5.61. The molecule has 25 heavy (non-hydrogen) atoms. The topological polar surface area (TPSA) is 67.8 Å². The fourth-order valence-corrected chi connectivity index (χ4v) is 2.37. The van der Waals surface area contributed by atoms with Crippen molar-refractivity contribution in [1.82, 2.24) is 15.2 Å². The van der Waals surface area contributed by atoms with Gasteiger partial charge in [-0.2, -0.15) is 5.10 Å². The van der Waals surface area contributed by atoms with Crippen LogP contribution in [0.3, 0.4) is 0 Å². The number of carbonyl (C=O) groups excluding carboxylic acids is 1. The lowest BCUT2D eigenvalue weighted by molar-refractivity contribution is 0.102. The average Bonchev–Trinajstić information content (AvgIpc) is 2.56. The third-order valence-electron chi connectivity index (χ3n) is 3.28. The molecule has 2 aromatic heterocycles. The molecule has 8 heteroatoms. The first-order chi connectivity index (χ1) is 12.0. The molecule has 1 N–H and O–H groups in total. The van der Waals surface area contributed by atoms with Gasteiger partial charge in [0.2, 0.25) is 0 Å². The van der Waals surface area contributed by atoms with Gasteiger partial charge in [0, 0.05) is 12.3 Å². The van der Waals surface area contributed by atoms with Crippen molar-refractivity contribution >= 4 is 23.3 Å². The number of hydrogen-bond acceptors (Lipinski definition) is 4. The lowest BCUT2D eigenvalue weighted by Crippen LogP contribution is -2.13. The number of amides is 1. The van der Waals surface area contributed by atoms with Crippen molar-refractivity contribution in [2.45, 2.75) is 6.42 Å². The predicted octanol–water partition coefficient (Wildman–Crippen LogP) is 3.65. The van der Waals surface area contributed by atoms with E-state index in [-0.39, 0.29) is 10.7 Å². The van der Waals surface area contributed by atoms with Gasteiger partial charge in [-0.15, -0.1) is 5.10 Å². The molecule has 1 amide bonds. The van der Waals surface area contributed by atoms with Crippen LogP contribution in [-0.4, -0.2) is 21.1 Å². The number of halogens is 3. The van der Waals surface area contributed by atoms with Crippen molar-refractivity contribution in [2.24, 2.45) is 0 Å². The summed E-state index contributed by atoms with van der Waals surface area (Å²) in [7, 11) is 0. The van der Waals surface area contributed by atoms with Gasteiger partial charge in [0.25, 0.3) is 5.91 Å². The molecule has 0 radical (unpaired) electrons. The van der Waals surface area contributed by atoms with E-state index in [9.17, 15) is 13.6 Å². The molecule has 0 aliphatic carbocycles. The van der Waals surface area contributed by atoms with Crippen molar-refractivity contribution in [3.05, 3.63) is 82.3 Å². The number of anilines is 1. The van der Waals surface area contributed by atoms with Crippen LogP contribution in [0.25, 0.3) is 0 Å². The van der Waals surface area contributed by atoms with E-state index in [0.29, 0.717) is 17.8 Å². The van der Waals surface area contributed by atoms with Crippen LogP contribution in [0.5, 0.6) is 0 Å². The fourth-order valence-electron chi connectivity index (χ4n) is 2.21. The van der Waals surface area contributed by atoms with Crippen LogP contribution < -0.4 is 5.32 Å². The van der Waals surface area contributed by atoms with E-state index >= 15 is 0 Å². The van der Waals surface area contributed by atoms with Gasteiger partial charge < -0.3 is 5.32 Å². The molecule has 0 atom stereocenters. The van der Waals surface area contributed by atoms with Gasteiger partial charge in [-0.05, 0) is 41.8 Å². The summed E-state index contributed by atoms with van der Waals surface area (Å²) in [6.07, 6.45) is 3.13. The molecule has 2 heterocycles. The Bertz CT molecular complexity index is 899. The van der Waals surface area contributed by atoms with Gasteiger partial charge in [0.1, 0.15) is 17.5 Å². The summed E-state index contributed by atoms with van der Waals surface area (Å²) in [4.78, 5) is 16.2. The molecule has 3 aromatic rings. The fraction of sp³-hybridized carbons (Fsp3) is 0.0588. The molecule has 0 saturated heterocycles. The van der Waals surface area contributed by atoms with Crippen LogP contribution in [0, 0.1) is 11.6 Å². The van der Waals surface area contributed by atoms with Gasteiger partial charge in [0.05, 0.1) is 11.8 Å². The highest BCUT2D eigenvalue weighted by Gasteiger charge is 2.09.